The molecular weight excluding hydrogens is 302 g/mol. The number of carbonyl (C=O) groups is 1. The Labute approximate surface area is 143 Å². The van der Waals surface area contributed by atoms with Crippen LogP contribution in [0.5, 0.6) is 0 Å². The van der Waals surface area contributed by atoms with Gasteiger partial charge in [-0.1, -0.05) is 0 Å². The van der Waals surface area contributed by atoms with E-state index in [9.17, 15) is 4.79 Å². The lowest BCUT2D eigenvalue weighted by atomic mass is 10.1. The van der Waals surface area contributed by atoms with Gasteiger partial charge in [0.1, 0.15) is 0 Å². The Bertz CT molecular complexity index is 633. The molecule has 2 rings (SSSR count). The minimum absolute atomic E-state index is 0.146. The molecule has 2 aromatic rings. The average molecular weight is 329 g/mol. The van der Waals surface area contributed by atoms with Crippen LogP contribution in [-0.4, -0.2) is 58.1 Å². The molecule has 0 aliphatic rings. The molecule has 0 aliphatic heterocycles. The van der Waals surface area contributed by atoms with E-state index in [1.54, 1.807) is 12.4 Å². The van der Waals surface area contributed by atoms with E-state index in [4.69, 9.17) is 0 Å². The molecule has 0 aromatic carbocycles. The molecule has 0 saturated carbocycles. The number of carbonyl (C=O) groups excluding carboxylic acids is 1. The second-order valence-electron chi connectivity index (χ2n) is 6.36. The van der Waals surface area contributed by atoms with E-state index < -0.39 is 0 Å². The average Bonchev–Trinajstić information content (AvgIpc) is 2.87. The maximum absolute atomic E-state index is 12.3. The van der Waals surface area contributed by atoms with Crippen molar-refractivity contribution in [3.8, 4) is 0 Å². The van der Waals surface area contributed by atoms with Gasteiger partial charge in [0.2, 0.25) is 5.91 Å². The van der Waals surface area contributed by atoms with Crippen LogP contribution < -0.4 is 0 Å². The maximum Gasteiger partial charge on any atom is 0.236 e. The van der Waals surface area contributed by atoms with Crippen molar-refractivity contribution in [2.45, 2.75) is 33.2 Å². The van der Waals surface area contributed by atoms with Crippen LogP contribution in [0.25, 0.3) is 0 Å². The molecule has 0 spiro atoms. The fourth-order valence-electron chi connectivity index (χ4n) is 2.77. The number of nitrogens with one attached hydrogen (secondary N) is 1. The Morgan fingerprint density at radius 1 is 1.21 bits per heavy atom. The highest BCUT2D eigenvalue weighted by Gasteiger charge is 2.13. The smallest absolute Gasteiger partial charge is 0.236 e. The second-order valence-corrected chi connectivity index (χ2v) is 6.36. The molecule has 1 amide bonds. The minimum Gasteiger partial charge on any atom is -0.345 e. The topological polar surface area (TPSA) is 65.1 Å². The molecule has 24 heavy (non-hydrogen) atoms. The van der Waals surface area contributed by atoms with Crippen LogP contribution in [0, 0.1) is 13.8 Å². The molecule has 1 N–H and O–H groups in total. The lowest BCUT2D eigenvalue weighted by molar-refractivity contribution is -0.130. The summed E-state index contributed by atoms with van der Waals surface area (Å²) in [6, 6.07) is 3.94. The first kappa shape index (κ1) is 18.1. The van der Waals surface area contributed by atoms with Crippen LogP contribution in [0.3, 0.4) is 0 Å². The first-order chi connectivity index (χ1) is 11.5. The quantitative estimate of drug-likeness (QED) is 0.804. The number of likely N-dealkylation sites (N-methyl/N-ethyl adjacent to an activating group) is 2. The summed E-state index contributed by atoms with van der Waals surface area (Å²) in [4.78, 5) is 20.2. The van der Waals surface area contributed by atoms with E-state index in [0.29, 0.717) is 6.54 Å². The number of aryl methyl sites for hydroxylation is 2. The van der Waals surface area contributed by atoms with E-state index >= 15 is 0 Å². The van der Waals surface area contributed by atoms with Crippen LogP contribution in [-0.2, 0) is 17.8 Å². The summed E-state index contributed by atoms with van der Waals surface area (Å²) in [5, 5.41) is 7.22. The predicted octanol–water partition coefficient (Wildman–Crippen LogP) is 1.94. The number of hydrogen-bond acceptors (Lipinski definition) is 4. The number of amides is 1. The molecule has 6 heteroatoms. The number of H-pyrrole nitrogens is 1. The SMILES string of the molecule is Cc1n[nH]c(C)c1CCCN(C)C(=O)CN(C)Cc1ccncc1. The monoisotopic (exact) mass is 329 g/mol. The van der Waals surface area contributed by atoms with Crippen molar-refractivity contribution in [1.29, 1.82) is 0 Å². The minimum atomic E-state index is 0.146. The number of nitrogens with zero attached hydrogens (tertiary/aromatic N) is 4. The summed E-state index contributed by atoms with van der Waals surface area (Å²) >= 11 is 0. The van der Waals surface area contributed by atoms with Crippen LogP contribution in [0.1, 0.15) is 28.9 Å². The molecule has 0 saturated heterocycles. The Morgan fingerprint density at radius 3 is 2.54 bits per heavy atom. The first-order valence-electron chi connectivity index (χ1n) is 8.29. The molecular formula is C18H27N5O. The Balaban J connectivity index is 1.73. The lowest BCUT2D eigenvalue weighted by Gasteiger charge is -2.22. The number of aromatic amines is 1. The van der Waals surface area contributed by atoms with E-state index in [1.807, 2.05) is 49.9 Å². The third-order valence-electron chi connectivity index (χ3n) is 4.23. The van der Waals surface area contributed by atoms with Gasteiger partial charge in [0, 0.05) is 38.2 Å². The van der Waals surface area contributed by atoms with Gasteiger partial charge >= 0.3 is 0 Å². The van der Waals surface area contributed by atoms with Gasteiger partial charge in [-0.2, -0.15) is 5.10 Å². The van der Waals surface area contributed by atoms with E-state index in [0.717, 1.165) is 42.9 Å². The largest absolute Gasteiger partial charge is 0.345 e. The number of hydrogen-bond donors (Lipinski definition) is 1. The van der Waals surface area contributed by atoms with Crippen molar-refractivity contribution in [2.75, 3.05) is 27.2 Å². The highest BCUT2D eigenvalue weighted by atomic mass is 16.2. The first-order valence-corrected chi connectivity index (χ1v) is 8.29. The fraction of sp³-hybridized carbons (Fsp3) is 0.500. The summed E-state index contributed by atoms with van der Waals surface area (Å²) in [6.45, 7) is 5.98. The Hall–Kier alpha value is -2.21. The highest BCUT2D eigenvalue weighted by Crippen LogP contribution is 2.12. The zero-order valence-corrected chi connectivity index (χ0v) is 15.0. The maximum atomic E-state index is 12.3. The van der Waals surface area contributed by atoms with Crippen LogP contribution in [0.4, 0.5) is 0 Å². The molecule has 0 unspecified atom stereocenters. The fourth-order valence-corrected chi connectivity index (χ4v) is 2.77. The lowest BCUT2D eigenvalue weighted by Crippen LogP contribution is -2.37. The Morgan fingerprint density at radius 2 is 1.92 bits per heavy atom. The van der Waals surface area contributed by atoms with Gasteiger partial charge in [-0.05, 0) is 57.0 Å². The summed E-state index contributed by atoms with van der Waals surface area (Å²) in [7, 11) is 3.84. The van der Waals surface area contributed by atoms with E-state index in [2.05, 4.69) is 15.2 Å². The van der Waals surface area contributed by atoms with Gasteiger partial charge in [-0.3, -0.25) is 19.8 Å². The molecule has 130 valence electrons. The van der Waals surface area contributed by atoms with Crippen molar-refractivity contribution >= 4 is 5.91 Å². The zero-order valence-electron chi connectivity index (χ0n) is 15.0. The summed E-state index contributed by atoms with van der Waals surface area (Å²) < 4.78 is 0. The van der Waals surface area contributed by atoms with Gasteiger partial charge in [0.15, 0.2) is 0 Å². The molecule has 2 heterocycles. The molecule has 2 aromatic heterocycles. The van der Waals surface area contributed by atoms with Gasteiger partial charge in [-0.15, -0.1) is 0 Å². The molecule has 0 radical (unpaired) electrons. The van der Waals surface area contributed by atoms with Crippen LogP contribution in [0.2, 0.25) is 0 Å². The van der Waals surface area contributed by atoms with E-state index in [1.165, 1.54) is 5.56 Å². The summed E-state index contributed by atoms with van der Waals surface area (Å²) in [5.41, 5.74) is 4.61. The Kier molecular flexibility index (Phi) is 6.49. The number of pyridine rings is 1. The third kappa shape index (κ3) is 5.16. The van der Waals surface area contributed by atoms with Crippen molar-refractivity contribution < 1.29 is 4.79 Å². The van der Waals surface area contributed by atoms with Gasteiger partial charge in [0.25, 0.3) is 0 Å². The predicted molar refractivity (Wildman–Crippen MR) is 94.6 cm³/mol. The van der Waals surface area contributed by atoms with E-state index in [-0.39, 0.29) is 5.91 Å². The van der Waals surface area contributed by atoms with Crippen LogP contribution in [0.15, 0.2) is 24.5 Å². The normalized spacial score (nSPS) is 11.0. The van der Waals surface area contributed by atoms with Gasteiger partial charge < -0.3 is 4.90 Å². The molecule has 0 bridgehead atoms. The standard InChI is InChI=1S/C18H27N5O/c1-14-17(15(2)21-20-14)6-5-11-23(4)18(24)13-22(3)12-16-7-9-19-10-8-16/h7-10H,5-6,11-13H2,1-4H3,(H,20,21). The molecule has 0 fully saturated rings. The summed E-state index contributed by atoms with van der Waals surface area (Å²) in [5.74, 6) is 0.146. The van der Waals surface area contributed by atoms with Crippen molar-refractivity contribution in [2.24, 2.45) is 0 Å². The third-order valence-corrected chi connectivity index (χ3v) is 4.23. The van der Waals surface area contributed by atoms with Crippen molar-refractivity contribution in [3.63, 3.8) is 0 Å². The highest BCUT2D eigenvalue weighted by molar-refractivity contribution is 5.77. The van der Waals surface area contributed by atoms with Crippen molar-refractivity contribution in [3.05, 3.63) is 47.0 Å². The van der Waals surface area contributed by atoms with Gasteiger partial charge in [0.05, 0.1) is 12.2 Å². The number of aromatic nitrogens is 3. The van der Waals surface area contributed by atoms with Crippen molar-refractivity contribution in [1.82, 2.24) is 25.0 Å². The molecule has 0 atom stereocenters. The second kappa shape index (κ2) is 8.59. The summed E-state index contributed by atoms with van der Waals surface area (Å²) in [6.07, 6.45) is 5.43. The molecule has 0 aliphatic carbocycles. The number of rotatable bonds is 8. The zero-order chi connectivity index (χ0) is 17.5. The van der Waals surface area contributed by atoms with Crippen LogP contribution >= 0.6 is 0 Å². The van der Waals surface area contributed by atoms with Gasteiger partial charge in [-0.25, -0.2) is 0 Å². The molecule has 6 nitrogen and oxygen atoms in total.